The molecule has 0 radical (unpaired) electrons. The summed E-state index contributed by atoms with van der Waals surface area (Å²) in [5, 5.41) is 7.11. The number of rotatable bonds is 5. The van der Waals surface area contributed by atoms with Gasteiger partial charge in [-0.2, -0.15) is 4.98 Å². The average Bonchev–Trinajstić information content (AvgIpc) is 3.28. The quantitative estimate of drug-likeness (QED) is 0.808. The molecule has 2 aliphatic rings. The summed E-state index contributed by atoms with van der Waals surface area (Å²) in [6, 6.07) is 3.92. The minimum Gasteiger partial charge on any atom is -0.339 e. The number of nitrogens with zero attached hydrogens (tertiary/aromatic N) is 5. The van der Waals surface area contributed by atoms with Crippen molar-refractivity contribution in [2.24, 2.45) is 0 Å². The van der Waals surface area contributed by atoms with Gasteiger partial charge in [0.2, 0.25) is 17.6 Å². The zero-order valence-electron chi connectivity index (χ0n) is 17.1. The van der Waals surface area contributed by atoms with Gasteiger partial charge in [0.1, 0.15) is 0 Å². The van der Waals surface area contributed by atoms with Crippen molar-refractivity contribution in [2.45, 2.75) is 51.0 Å². The molecule has 9 nitrogen and oxygen atoms in total. The minimum absolute atomic E-state index is 0.00324. The van der Waals surface area contributed by atoms with Gasteiger partial charge in [-0.1, -0.05) is 24.4 Å². The highest BCUT2D eigenvalue weighted by atomic mass is 16.5. The number of urea groups is 1. The van der Waals surface area contributed by atoms with Crippen molar-refractivity contribution in [1.82, 2.24) is 30.2 Å². The Bertz CT molecular complexity index is 841. The Morgan fingerprint density at radius 3 is 2.47 bits per heavy atom. The number of pyridine rings is 1. The molecule has 30 heavy (non-hydrogen) atoms. The molecule has 1 aliphatic heterocycles. The van der Waals surface area contributed by atoms with Crippen LogP contribution < -0.4 is 5.32 Å². The van der Waals surface area contributed by atoms with Crippen LogP contribution in [0.25, 0.3) is 11.4 Å². The standard InChI is InChI=1S/C21H28N6O3/c28-19(7-6-18-24-20(25-30-18)16-8-10-22-11-9-16)26-12-14-27(15-13-26)21(29)23-17-4-2-1-3-5-17/h8-11,17H,1-7,12-15H2,(H,23,29). The van der Waals surface area contributed by atoms with Crippen LogP contribution in [0.3, 0.4) is 0 Å². The summed E-state index contributed by atoms with van der Waals surface area (Å²) in [7, 11) is 0. The van der Waals surface area contributed by atoms with E-state index in [0.717, 1.165) is 18.4 Å². The molecule has 1 saturated carbocycles. The van der Waals surface area contributed by atoms with Gasteiger partial charge < -0.3 is 19.6 Å². The number of carbonyl (C=O) groups excluding carboxylic acids is 2. The third kappa shape index (κ3) is 5.14. The molecule has 2 fully saturated rings. The van der Waals surface area contributed by atoms with Gasteiger partial charge in [-0.15, -0.1) is 0 Å². The number of amides is 3. The lowest BCUT2D eigenvalue weighted by molar-refractivity contribution is -0.132. The number of hydrogen-bond acceptors (Lipinski definition) is 6. The third-order valence-corrected chi connectivity index (χ3v) is 5.81. The summed E-state index contributed by atoms with van der Waals surface area (Å²) >= 11 is 0. The molecule has 1 saturated heterocycles. The van der Waals surface area contributed by atoms with Gasteiger partial charge in [-0.3, -0.25) is 9.78 Å². The van der Waals surface area contributed by atoms with Gasteiger partial charge in [0.05, 0.1) is 0 Å². The zero-order valence-corrected chi connectivity index (χ0v) is 17.1. The molecule has 1 N–H and O–H groups in total. The van der Waals surface area contributed by atoms with Gasteiger partial charge in [0.15, 0.2) is 0 Å². The van der Waals surface area contributed by atoms with Crippen LogP contribution in [-0.4, -0.2) is 69.1 Å². The SMILES string of the molecule is O=C(CCc1nc(-c2ccncc2)no1)N1CCN(C(=O)NC2CCCCC2)CC1. The molecule has 1 aliphatic carbocycles. The summed E-state index contributed by atoms with van der Waals surface area (Å²) in [5.41, 5.74) is 0.828. The van der Waals surface area contributed by atoms with Crippen LogP contribution in [-0.2, 0) is 11.2 Å². The molecule has 0 spiro atoms. The predicted molar refractivity (Wildman–Crippen MR) is 109 cm³/mol. The molecular formula is C21H28N6O3. The molecule has 0 atom stereocenters. The monoisotopic (exact) mass is 412 g/mol. The fourth-order valence-corrected chi connectivity index (χ4v) is 4.02. The lowest BCUT2D eigenvalue weighted by atomic mass is 9.96. The molecule has 0 bridgehead atoms. The van der Waals surface area contributed by atoms with E-state index in [0.29, 0.717) is 56.8 Å². The molecule has 3 amide bonds. The molecule has 4 rings (SSSR count). The highest BCUT2D eigenvalue weighted by Crippen LogP contribution is 2.18. The van der Waals surface area contributed by atoms with E-state index in [4.69, 9.17) is 4.52 Å². The Balaban J connectivity index is 1.20. The highest BCUT2D eigenvalue weighted by Gasteiger charge is 2.26. The average molecular weight is 412 g/mol. The predicted octanol–water partition coefficient (Wildman–Crippen LogP) is 2.25. The fourth-order valence-electron chi connectivity index (χ4n) is 4.02. The summed E-state index contributed by atoms with van der Waals surface area (Å²) in [5.74, 6) is 0.990. The second-order valence-electron chi connectivity index (χ2n) is 7.90. The first-order valence-corrected chi connectivity index (χ1v) is 10.8. The van der Waals surface area contributed by atoms with Crippen LogP contribution in [0, 0.1) is 0 Å². The van der Waals surface area contributed by atoms with Gasteiger partial charge in [0.25, 0.3) is 0 Å². The lowest BCUT2D eigenvalue weighted by Crippen LogP contribution is -2.54. The first-order valence-electron chi connectivity index (χ1n) is 10.8. The maximum absolute atomic E-state index is 12.6. The summed E-state index contributed by atoms with van der Waals surface area (Å²) < 4.78 is 5.26. The van der Waals surface area contributed by atoms with Crippen LogP contribution in [0.2, 0.25) is 0 Å². The normalized spacial score (nSPS) is 17.7. The van der Waals surface area contributed by atoms with Crippen LogP contribution in [0.5, 0.6) is 0 Å². The van der Waals surface area contributed by atoms with E-state index >= 15 is 0 Å². The fraction of sp³-hybridized carbons (Fsp3) is 0.571. The van der Waals surface area contributed by atoms with Crippen molar-refractivity contribution in [2.75, 3.05) is 26.2 Å². The largest absolute Gasteiger partial charge is 0.339 e. The maximum atomic E-state index is 12.6. The van der Waals surface area contributed by atoms with Crippen molar-refractivity contribution < 1.29 is 14.1 Å². The summed E-state index contributed by atoms with van der Waals surface area (Å²) in [6.45, 7) is 2.25. The van der Waals surface area contributed by atoms with Crippen LogP contribution in [0.1, 0.15) is 44.4 Å². The van der Waals surface area contributed by atoms with E-state index < -0.39 is 0 Å². The van der Waals surface area contributed by atoms with Crippen LogP contribution in [0.4, 0.5) is 4.79 Å². The number of nitrogens with one attached hydrogen (secondary N) is 1. The van der Waals surface area contributed by atoms with Gasteiger partial charge in [-0.25, -0.2) is 4.79 Å². The maximum Gasteiger partial charge on any atom is 0.317 e. The van der Waals surface area contributed by atoms with Gasteiger partial charge in [0, 0.05) is 63.0 Å². The van der Waals surface area contributed by atoms with Crippen molar-refractivity contribution in [3.63, 3.8) is 0 Å². The molecule has 0 unspecified atom stereocenters. The first kappa shape index (κ1) is 20.3. The summed E-state index contributed by atoms with van der Waals surface area (Å²) in [4.78, 5) is 37.0. The number of carbonyl (C=O) groups is 2. The Morgan fingerprint density at radius 2 is 1.73 bits per heavy atom. The van der Waals surface area contributed by atoms with Crippen molar-refractivity contribution in [3.8, 4) is 11.4 Å². The molecule has 0 aromatic carbocycles. The second-order valence-corrected chi connectivity index (χ2v) is 7.90. The topological polar surface area (TPSA) is 104 Å². The van der Waals surface area contributed by atoms with Gasteiger partial charge in [-0.05, 0) is 25.0 Å². The smallest absolute Gasteiger partial charge is 0.317 e. The minimum atomic E-state index is 0.00324. The highest BCUT2D eigenvalue weighted by molar-refractivity contribution is 5.78. The van der Waals surface area contributed by atoms with E-state index in [-0.39, 0.29) is 11.9 Å². The van der Waals surface area contributed by atoms with E-state index in [2.05, 4.69) is 20.4 Å². The molecular weight excluding hydrogens is 384 g/mol. The number of hydrogen-bond donors (Lipinski definition) is 1. The molecule has 160 valence electrons. The Labute approximate surface area is 175 Å². The number of aryl methyl sites for hydroxylation is 1. The second kappa shape index (κ2) is 9.69. The molecule has 9 heteroatoms. The van der Waals surface area contributed by atoms with E-state index in [1.165, 1.54) is 19.3 Å². The summed E-state index contributed by atoms with van der Waals surface area (Å²) in [6.07, 6.45) is 9.85. The Hall–Kier alpha value is -2.97. The number of piperazine rings is 1. The molecule has 3 heterocycles. The number of aromatic nitrogens is 3. The van der Waals surface area contributed by atoms with Crippen molar-refractivity contribution >= 4 is 11.9 Å². The third-order valence-electron chi connectivity index (χ3n) is 5.81. The van der Waals surface area contributed by atoms with Crippen LogP contribution in [0.15, 0.2) is 29.0 Å². The van der Waals surface area contributed by atoms with Gasteiger partial charge >= 0.3 is 6.03 Å². The van der Waals surface area contributed by atoms with E-state index in [1.807, 2.05) is 21.9 Å². The first-order chi connectivity index (χ1) is 14.7. The van der Waals surface area contributed by atoms with Crippen molar-refractivity contribution in [1.29, 1.82) is 0 Å². The van der Waals surface area contributed by atoms with E-state index in [1.54, 1.807) is 12.4 Å². The lowest BCUT2D eigenvalue weighted by Gasteiger charge is -2.36. The zero-order chi connectivity index (χ0) is 20.8. The Kier molecular flexibility index (Phi) is 6.56. The van der Waals surface area contributed by atoms with E-state index in [9.17, 15) is 9.59 Å². The van der Waals surface area contributed by atoms with Crippen LogP contribution >= 0.6 is 0 Å². The molecule has 2 aromatic rings. The molecule has 2 aromatic heterocycles. The Morgan fingerprint density at radius 1 is 1.03 bits per heavy atom. The van der Waals surface area contributed by atoms with Crippen molar-refractivity contribution in [3.05, 3.63) is 30.4 Å².